The van der Waals surface area contributed by atoms with E-state index in [1.807, 2.05) is 0 Å². The Kier molecular flexibility index (Phi) is 3.71. The van der Waals surface area contributed by atoms with Crippen LogP contribution in [0.15, 0.2) is 30.6 Å². The minimum atomic E-state index is -4.45. The van der Waals surface area contributed by atoms with Crippen LogP contribution in [0, 0.1) is 0 Å². The quantitative estimate of drug-likeness (QED) is 0.933. The van der Waals surface area contributed by atoms with E-state index in [-0.39, 0.29) is 17.3 Å². The molecule has 0 bridgehead atoms. The largest absolute Gasteiger partial charge is 0.418 e. The highest BCUT2D eigenvalue weighted by Crippen LogP contribution is 2.36. The molecule has 0 spiro atoms. The SMILES string of the molecule is Cn1ccnc1CNc1ccc(Cl)cc1C(F)(F)F. The van der Waals surface area contributed by atoms with Gasteiger partial charge in [0.25, 0.3) is 0 Å². The van der Waals surface area contributed by atoms with Gasteiger partial charge in [-0.2, -0.15) is 13.2 Å². The molecule has 2 rings (SSSR count). The van der Waals surface area contributed by atoms with Gasteiger partial charge in [-0.05, 0) is 18.2 Å². The molecule has 0 amide bonds. The molecule has 0 aliphatic carbocycles. The number of hydrogen-bond donors (Lipinski definition) is 1. The monoisotopic (exact) mass is 289 g/mol. The predicted molar refractivity (Wildman–Crippen MR) is 67.0 cm³/mol. The van der Waals surface area contributed by atoms with Crippen LogP contribution < -0.4 is 5.32 Å². The minimum absolute atomic E-state index is 0.0140. The zero-order valence-electron chi connectivity index (χ0n) is 10.0. The highest BCUT2D eigenvalue weighted by Gasteiger charge is 2.33. The van der Waals surface area contributed by atoms with Gasteiger partial charge >= 0.3 is 6.18 Å². The van der Waals surface area contributed by atoms with Crippen molar-refractivity contribution in [1.82, 2.24) is 9.55 Å². The molecule has 0 atom stereocenters. The summed E-state index contributed by atoms with van der Waals surface area (Å²) in [5.41, 5.74) is -0.797. The summed E-state index contributed by atoms with van der Waals surface area (Å²) in [6, 6.07) is 3.63. The number of alkyl halides is 3. The lowest BCUT2D eigenvalue weighted by Gasteiger charge is -2.14. The van der Waals surface area contributed by atoms with E-state index in [0.717, 1.165) is 6.07 Å². The van der Waals surface area contributed by atoms with E-state index in [2.05, 4.69) is 10.3 Å². The van der Waals surface area contributed by atoms with E-state index < -0.39 is 11.7 Å². The first-order valence-electron chi connectivity index (χ1n) is 5.45. The van der Waals surface area contributed by atoms with Crippen LogP contribution in [0.2, 0.25) is 5.02 Å². The van der Waals surface area contributed by atoms with Crippen LogP contribution in [0.4, 0.5) is 18.9 Å². The second-order valence-electron chi connectivity index (χ2n) is 4.00. The second kappa shape index (κ2) is 5.13. The van der Waals surface area contributed by atoms with Crippen LogP contribution in [0.25, 0.3) is 0 Å². The molecule has 1 heterocycles. The van der Waals surface area contributed by atoms with Crippen LogP contribution in [-0.4, -0.2) is 9.55 Å². The predicted octanol–water partition coefficient (Wildman–Crippen LogP) is 3.70. The van der Waals surface area contributed by atoms with Gasteiger partial charge in [0.05, 0.1) is 12.1 Å². The maximum Gasteiger partial charge on any atom is 0.418 e. The van der Waals surface area contributed by atoms with Crippen molar-refractivity contribution in [2.75, 3.05) is 5.32 Å². The smallest absolute Gasteiger partial charge is 0.377 e. The summed E-state index contributed by atoms with van der Waals surface area (Å²) in [5.74, 6) is 0.642. The summed E-state index contributed by atoms with van der Waals surface area (Å²) in [4.78, 5) is 4.03. The topological polar surface area (TPSA) is 29.9 Å². The molecule has 102 valence electrons. The number of rotatable bonds is 3. The Morgan fingerprint density at radius 3 is 2.68 bits per heavy atom. The van der Waals surface area contributed by atoms with Crippen LogP contribution in [0.1, 0.15) is 11.4 Å². The Balaban J connectivity index is 2.23. The van der Waals surface area contributed by atoms with Crippen molar-refractivity contribution < 1.29 is 13.2 Å². The highest BCUT2D eigenvalue weighted by atomic mass is 35.5. The fraction of sp³-hybridized carbons (Fsp3) is 0.250. The third-order valence-electron chi connectivity index (χ3n) is 2.64. The molecule has 1 N–H and O–H groups in total. The van der Waals surface area contributed by atoms with Crippen molar-refractivity contribution in [3.8, 4) is 0 Å². The molecule has 0 unspecified atom stereocenters. The molecular formula is C12H11ClF3N3. The summed E-state index contributed by atoms with van der Waals surface area (Å²) >= 11 is 5.60. The van der Waals surface area contributed by atoms with Gasteiger partial charge in [-0.3, -0.25) is 0 Å². The molecule has 1 aromatic carbocycles. The summed E-state index contributed by atoms with van der Waals surface area (Å²) < 4.78 is 40.3. The molecule has 1 aromatic heterocycles. The number of nitrogens with one attached hydrogen (secondary N) is 1. The van der Waals surface area contributed by atoms with Crippen molar-refractivity contribution in [2.45, 2.75) is 12.7 Å². The molecule has 2 aromatic rings. The van der Waals surface area contributed by atoms with Crippen molar-refractivity contribution in [3.63, 3.8) is 0 Å². The number of halogens is 4. The highest BCUT2D eigenvalue weighted by molar-refractivity contribution is 6.30. The Bertz CT molecular complexity index is 578. The second-order valence-corrected chi connectivity index (χ2v) is 4.43. The normalized spacial score (nSPS) is 11.6. The molecule has 0 saturated heterocycles. The van der Waals surface area contributed by atoms with E-state index in [0.29, 0.717) is 5.82 Å². The number of aryl methyl sites for hydroxylation is 1. The third-order valence-corrected chi connectivity index (χ3v) is 2.88. The van der Waals surface area contributed by atoms with E-state index in [1.165, 1.54) is 12.1 Å². The van der Waals surface area contributed by atoms with Crippen molar-refractivity contribution in [3.05, 3.63) is 47.0 Å². The average Bonchev–Trinajstić information content (AvgIpc) is 2.72. The molecule has 3 nitrogen and oxygen atoms in total. The fourth-order valence-electron chi connectivity index (χ4n) is 1.65. The molecule has 19 heavy (non-hydrogen) atoms. The van der Waals surface area contributed by atoms with Gasteiger partial charge in [0.1, 0.15) is 5.82 Å². The number of hydrogen-bond acceptors (Lipinski definition) is 2. The average molecular weight is 290 g/mol. The van der Waals surface area contributed by atoms with Crippen molar-refractivity contribution in [2.24, 2.45) is 7.05 Å². The summed E-state index contributed by atoms with van der Waals surface area (Å²) in [7, 11) is 1.77. The first kappa shape index (κ1) is 13.7. The maximum atomic E-state index is 12.9. The zero-order valence-corrected chi connectivity index (χ0v) is 10.8. The van der Waals surface area contributed by atoms with Crippen LogP contribution >= 0.6 is 11.6 Å². The van der Waals surface area contributed by atoms with Crippen LogP contribution in [-0.2, 0) is 19.8 Å². The first-order valence-corrected chi connectivity index (χ1v) is 5.82. The lowest BCUT2D eigenvalue weighted by molar-refractivity contribution is -0.136. The molecular weight excluding hydrogens is 279 g/mol. The van der Waals surface area contributed by atoms with Crippen molar-refractivity contribution in [1.29, 1.82) is 0 Å². The summed E-state index contributed by atoms with van der Waals surface area (Å²) in [5, 5.41) is 2.78. The lowest BCUT2D eigenvalue weighted by atomic mass is 10.1. The Hall–Kier alpha value is -1.69. The van der Waals surface area contributed by atoms with Gasteiger partial charge in [-0.1, -0.05) is 11.6 Å². The molecule has 0 fully saturated rings. The number of nitrogens with zero attached hydrogens (tertiary/aromatic N) is 2. The van der Waals surface area contributed by atoms with E-state index in [4.69, 9.17) is 11.6 Å². The van der Waals surface area contributed by atoms with Gasteiger partial charge in [0, 0.05) is 30.2 Å². The van der Waals surface area contributed by atoms with Gasteiger partial charge < -0.3 is 9.88 Å². The van der Waals surface area contributed by atoms with Gasteiger partial charge in [-0.25, -0.2) is 4.98 Å². The third kappa shape index (κ3) is 3.20. The first-order chi connectivity index (χ1) is 8.88. The summed E-state index contributed by atoms with van der Waals surface area (Å²) in [6.07, 6.45) is -1.14. The zero-order chi connectivity index (χ0) is 14.0. The van der Waals surface area contributed by atoms with E-state index >= 15 is 0 Å². The van der Waals surface area contributed by atoms with Gasteiger partial charge in [0.2, 0.25) is 0 Å². The fourth-order valence-corrected chi connectivity index (χ4v) is 1.82. The number of aromatic nitrogens is 2. The van der Waals surface area contributed by atoms with Gasteiger partial charge in [0.15, 0.2) is 0 Å². The molecule has 0 radical (unpaired) electrons. The standard InChI is InChI=1S/C12H11ClF3N3/c1-19-5-4-17-11(19)7-18-10-3-2-8(13)6-9(10)12(14,15)16/h2-6,18H,7H2,1H3. The van der Waals surface area contributed by atoms with Crippen molar-refractivity contribution >= 4 is 17.3 Å². The molecule has 0 saturated carbocycles. The number of benzene rings is 1. The maximum absolute atomic E-state index is 12.9. The Morgan fingerprint density at radius 2 is 2.11 bits per heavy atom. The number of imidazole rings is 1. The Labute approximate surface area is 113 Å². The molecule has 7 heteroatoms. The number of anilines is 1. The summed E-state index contributed by atoms with van der Waals surface area (Å²) in [6.45, 7) is 0.203. The van der Waals surface area contributed by atoms with E-state index in [1.54, 1.807) is 24.0 Å². The van der Waals surface area contributed by atoms with Gasteiger partial charge in [-0.15, -0.1) is 0 Å². The van der Waals surface area contributed by atoms with Crippen LogP contribution in [0.3, 0.4) is 0 Å². The Morgan fingerprint density at radius 1 is 1.37 bits per heavy atom. The van der Waals surface area contributed by atoms with E-state index in [9.17, 15) is 13.2 Å². The minimum Gasteiger partial charge on any atom is -0.377 e. The van der Waals surface area contributed by atoms with Crippen LogP contribution in [0.5, 0.6) is 0 Å². The lowest BCUT2D eigenvalue weighted by Crippen LogP contribution is -2.12. The molecule has 0 aliphatic rings. The molecule has 0 aliphatic heterocycles.